The highest BCUT2D eigenvalue weighted by atomic mass is 35.5. The maximum atomic E-state index is 5.02. The molecule has 0 amide bonds. The summed E-state index contributed by atoms with van der Waals surface area (Å²) < 4.78 is 5.02. The summed E-state index contributed by atoms with van der Waals surface area (Å²) in [6, 6.07) is 8.44. The van der Waals surface area contributed by atoms with Crippen molar-refractivity contribution in [3.63, 3.8) is 0 Å². The lowest BCUT2D eigenvalue weighted by Gasteiger charge is -2.22. The maximum absolute atomic E-state index is 5.02. The molecule has 5 nitrogen and oxygen atoms in total. The van der Waals surface area contributed by atoms with E-state index >= 15 is 0 Å². The second kappa shape index (κ2) is 6.04. The summed E-state index contributed by atoms with van der Waals surface area (Å²) in [5.41, 5.74) is 2.57. The smallest absolute Gasteiger partial charge is 0.223 e. The summed E-state index contributed by atoms with van der Waals surface area (Å²) in [5, 5.41) is 7.38. The summed E-state index contributed by atoms with van der Waals surface area (Å²) in [6.07, 6.45) is 0. The minimum absolute atomic E-state index is 0. The number of benzene rings is 1. The minimum atomic E-state index is 0. The van der Waals surface area contributed by atoms with E-state index in [1.54, 1.807) is 0 Å². The van der Waals surface area contributed by atoms with Gasteiger partial charge in [-0.05, 0) is 11.6 Å². The van der Waals surface area contributed by atoms with Crippen LogP contribution in [0.15, 0.2) is 28.8 Å². The normalized spacial score (nSPS) is 14.5. The van der Waals surface area contributed by atoms with Crippen LogP contribution in [0.5, 0.6) is 0 Å². The number of anilines is 1. The van der Waals surface area contributed by atoms with Crippen LogP contribution in [0.4, 0.5) is 5.69 Å². The van der Waals surface area contributed by atoms with Crippen LogP contribution in [-0.4, -0.2) is 23.2 Å². The third kappa shape index (κ3) is 3.05. The number of para-hydroxylation sites is 1. The van der Waals surface area contributed by atoms with Crippen LogP contribution in [0.3, 0.4) is 0 Å². The van der Waals surface area contributed by atoms with Gasteiger partial charge < -0.3 is 14.7 Å². The number of nitrogens with zero attached hydrogens (tertiary/aromatic N) is 3. The first-order valence-electron chi connectivity index (χ1n) is 6.16. The highest BCUT2D eigenvalue weighted by Crippen LogP contribution is 2.23. The lowest BCUT2D eigenvalue weighted by molar-refractivity contribution is 0.387. The number of aromatic nitrogens is 2. The lowest BCUT2D eigenvalue weighted by atomic mass is 10.1. The van der Waals surface area contributed by atoms with Gasteiger partial charge in [-0.3, -0.25) is 0 Å². The topological polar surface area (TPSA) is 54.2 Å². The van der Waals surface area contributed by atoms with Crippen LogP contribution in [0.2, 0.25) is 0 Å². The van der Waals surface area contributed by atoms with Gasteiger partial charge in [0.1, 0.15) is 0 Å². The largest absolute Gasteiger partial charge is 0.362 e. The fourth-order valence-corrected chi connectivity index (χ4v) is 2.27. The SMILES string of the molecule is Cc1nc(CN2CCNCc3ccccc32)no1.Cl. The van der Waals surface area contributed by atoms with E-state index in [0.717, 1.165) is 25.5 Å². The van der Waals surface area contributed by atoms with Crippen molar-refractivity contribution >= 4 is 18.1 Å². The zero-order valence-electron chi connectivity index (χ0n) is 10.8. The molecule has 0 fully saturated rings. The number of hydrogen-bond acceptors (Lipinski definition) is 5. The van der Waals surface area contributed by atoms with Gasteiger partial charge in [0, 0.05) is 32.2 Å². The fraction of sp³-hybridized carbons (Fsp3) is 0.385. The first-order valence-corrected chi connectivity index (χ1v) is 6.16. The molecule has 102 valence electrons. The molecule has 0 spiro atoms. The maximum Gasteiger partial charge on any atom is 0.223 e. The van der Waals surface area contributed by atoms with Crippen LogP contribution in [0, 0.1) is 6.92 Å². The van der Waals surface area contributed by atoms with Crippen LogP contribution in [-0.2, 0) is 13.1 Å². The Labute approximate surface area is 118 Å². The van der Waals surface area contributed by atoms with E-state index in [1.807, 2.05) is 6.92 Å². The highest BCUT2D eigenvalue weighted by molar-refractivity contribution is 5.85. The molecule has 0 bridgehead atoms. The lowest BCUT2D eigenvalue weighted by Crippen LogP contribution is -2.28. The van der Waals surface area contributed by atoms with E-state index in [2.05, 4.69) is 44.6 Å². The Bertz CT molecular complexity index is 543. The first-order chi connectivity index (χ1) is 8.83. The Morgan fingerprint density at radius 2 is 2.21 bits per heavy atom. The number of rotatable bonds is 2. The van der Waals surface area contributed by atoms with Gasteiger partial charge in [0.2, 0.25) is 5.89 Å². The third-order valence-corrected chi connectivity index (χ3v) is 3.11. The van der Waals surface area contributed by atoms with Gasteiger partial charge in [-0.1, -0.05) is 23.4 Å². The molecule has 1 aromatic heterocycles. The molecular weight excluding hydrogens is 264 g/mol. The van der Waals surface area contributed by atoms with E-state index in [1.165, 1.54) is 11.3 Å². The van der Waals surface area contributed by atoms with E-state index in [0.29, 0.717) is 12.4 Å². The Morgan fingerprint density at radius 1 is 1.37 bits per heavy atom. The van der Waals surface area contributed by atoms with E-state index in [9.17, 15) is 0 Å². The molecule has 0 atom stereocenters. The predicted molar refractivity (Wildman–Crippen MR) is 75.5 cm³/mol. The number of aryl methyl sites for hydroxylation is 1. The molecule has 1 aromatic carbocycles. The molecule has 1 aliphatic rings. The van der Waals surface area contributed by atoms with Gasteiger partial charge in [0.25, 0.3) is 0 Å². The van der Waals surface area contributed by atoms with E-state index in [-0.39, 0.29) is 12.4 Å². The van der Waals surface area contributed by atoms with Crippen LogP contribution >= 0.6 is 12.4 Å². The monoisotopic (exact) mass is 280 g/mol. The van der Waals surface area contributed by atoms with Gasteiger partial charge in [-0.15, -0.1) is 12.4 Å². The van der Waals surface area contributed by atoms with E-state index in [4.69, 9.17) is 4.52 Å². The molecule has 6 heteroatoms. The van der Waals surface area contributed by atoms with Gasteiger partial charge in [0.05, 0.1) is 6.54 Å². The summed E-state index contributed by atoms with van der Waals surface area (Å²) in [5.74, 6) is 1.36. The summed E-state index contributed by atoms with van der Waals surface area (Å²) in [4.78, 5) is 6.56. The molecule has 0 saturated heterocycles. The molecule has 3 rings (SSSR count). The Morgan fingerprint density at radius 3 is 3.00 bits per heavy atom. The number of hydrogen-bond donors (Lipinski definition) is 1. The molecule has 2 heterocycles. The molecule has 1 aliphatic heterocycles. The molecule has 19 heavy (non-hydrogen) atoms. The summed E-state index contributed by atoms with van der Waals surface area (Å²) in [6.45, 7) is 5.33. The molecule has 0 radical (unpaired) electrons. The van der Waals surface area contributed by atoms with Gasteiger partial charge in [0.15, 0.2) is 5.82 Å². The van der Waals surface area contributed by atoms with Gasteiger partial charge in [-0.2, -0.15) is 4.98 Å². The molecule has 1 N–H and O–H groups in total. The molecule has 0 unspecified atom stereocenters. The van der Waals surface area contributed by atoms with Crippen molar-refractivity contribution < 1.29 is 4.52 Å². The minimum Gasteiger partial charge on any atom is -0.362 e. The average Bonchev–Trinajstić information content (AvgIpc) is 2.68. The third-order valence-electron chi connectivity index (χ3n) is 3.11. The van der Waals surface area contributed by atoms with Crippen molar-refractivity contribution in [3.8, 4) is 0 Å². The molecule has 2 aromatic rings. The second-order valence-corrected chi connectivity index (χ2v) is 4.46. The second-order valence-electron chi connectivity index (χ2n) is 4.46. The van der Waals surface area contributed by atoms with Crippen molar-refractivity contribution in [2.75, 3.05) is 18.0 Å². The Kier molecular flexibility index (Phi) is 4.39. The standard InChI is InChI=1S/C13H16N4O.ClH/c1-10-15-13(16-18-10)9-17-7-6-14-8-11-4-2-3-5-12(11)17;/h2-5,14H,6-9H2,1H3;1H. The van der Waals surface area contributed by atoms with Crippen molar-refractivity contribution in [2.45, 2.75) is 20.0 Å². The number of halogens is 1. The Hall–Kier alpha value is -1.59. The zero-order chi connectivity index (χ0) is 12.4. The average molecular weight is 281 g/mol. The van der Waals surface area contributed by atoms with Crippen molar-refractivity contribution in [1.82, 2.24) is 15.5 Å². The summed E-state index contributed by atoms with van der Waals surface area (Å²) in [7, 11) is 0. The number of nitrogens with one attached hydrogen (secondary N) is 1. The van der Waals surface area contributed by atoms with Crippen molar-refractivity contribution in [3.05, 3.63) is 41.5 Å². The fourth-order valence-electron chi connectivity index (χ4n) is 2.27. The summed E-state index contributed by atoms with van der Waals surface area (Å²) >= 11 is 0. The van der Waals surface area contributed by atoms with Crippen molar-refractivity contribution in [2.24, 2.45) is 0 Å². The molecule has 0 saturated carbocycles. The molecular formula is C13H17ClN4O. The van der Waals surface area contributed by atoms with Crippen LogP contribution < -0.4 is 10.2 Å². The van der Waals surface area contributed by atoms with Crippen LogP contribution in [0.1, 0.15) is 17.3 Å². The quantitative estimate of drug-likeness (QED) is 0.911. The zero-order valence-corrected chi connectivity index (χ0v) is 11.6. The van der Waals surface area contributed by atoms with Gasteiger partial charge in [-0.25, -0.2) is 0 Å². The first kappa shape index (κ1) is 13.8. The van der Waals surface area contributed by atoms with Crippen molar-refractivity contribution in [1.29, 1.82) is 0 Å². The molecule has 0 aliphatic carbocycles. The van der Waals surface area contributed by atoms with E-state index < -0.39 is 0 Å². The number of fused-ring (bicyclic) bond motifs is 1. The van der Waals surface area contributed by atoms with Crippen LogP contribution in [0.25, 0.3) is 0 Å². The highest BCUT2D eigenvalue weighted by Gasteiger charge is 2.16. The Balaban J connectivity index is 0.00000133. The predicted octanol–water partition coefficient (Wildman–Crippen LogP) is 1.91. The van der Waals surface area contributed by atoms with Gasteiger partial charge >= 0.3 is 0 Å².